The molecule has 0 aliphatic carbocycles. The minimum Gasteiger partial charge on any atom is -0.357 e. The Morgan fingerprint density at radius 3 is 2.29 bits per heavy atom. The van der Waals surface area contributed by atoms with E-state index in [9.17, 15) is 4.79 Å². The van der Waals surface area contributed by atoms with E-state index in [1.54, 1.807) is 25.2 Å². The van der Waals surface area contributed by atoms with Crippen molar-refractivity contribution in [3.8, 4) is 5.69 Å². The van der Waals surface area contributed by atoms with Crippen molar-refractivity contribution in [3.05, 3.63) is 83.7 Å². The van der Waals surface area contributed by atoms with E-state index in [4.69, 9.17) is 0 Å². The highest BCUT2D eigenvalue weighted by Crippen LogP contribution is 2.10. The van der Waals surface area contributed by atoms with E-state index < -0.39 is 0 Å². The topological polar surface area (TPSA) is 74.5 Å². The van der Waals surface area contributed by atoms with Gasteiger partial charge in [-0.15, -0.1) is 24.0 Å². The molecule has 0 unspecified atom stereocenters. The highest BCUT2D eigenvalue weighted by atomic mass is 127. The average Bonchev–Trinajstić information content (AvgIpc) is 3.31. The standard InChI is InChI=1S/C23H28N6O.HI/c1-4-24-23(25-16-18-6-10-20(11-7-18)22(30)28(2)3)26-17-19-8-12-21(13-9-19)29-15-5-14-27-29;/h5-15H,4,16-17H2,1-3H3,(H2,24,25,26);1H. The Balaban J connectivity index is 0.00000341. The molecular formula is C23H29IN6O. The number of carbonyl (C=O) groups excluding carboxylic acids is 1. The zero-order chi connectivity index (χ0) is 21.3. The van der Waals surface area contributed by atoms with Gasteiger partial charge in [0.15, 0.2) is 5.96 Å². The first-order valence-corrected chi connectivity index (χ1v) is 9.98. The van der Waals surface area contributed by atoms with Gasteiger partial charge in [0.1, 0.15) is 0 Å². The van der Waals surface area contributed by atoms with Crippen LogP contribution in [-0.2, 0) is 13.1 Å². The summed E-state index contributed by atoms with van der Waals surface area (Å²) in [5, 5.41) is 10.8. The van der Waals surface area contributed by atoms with Crippen LogP contribution in [0.1, 0.15) is 28.4 Å². The molecule has 1 aromatic heterocycles. The molecule has 0 spiro atoms. The molecule has 3 aromatic rings. The first-order chi connectivity index (χ1) is 14.6. The molecule has 0 bridgehead atoms. The fourth-order valence-electron chi connectivity index (χ4n) is 2.90. The summed E-state index contributed by atoms with van der Waals surface area (Å²) in [6.07, 6.45) is 3.68. The highest BCUT2D eigenvalue weighted by Gasteiger charge is 2.07. The molecule has 0 saturated heterocycles. The van der Waals surface area contributed by atoms with Crippen LogP contribution in [0.2, 0.25) is 0 Å². The first kappa shape index (κ1) is 24.4. The summed E-state index contributed by atoms with van der Waals surface area (Å²) in [4.78, 5) is 18.2. The Morgan fingerprint density at radius 2 is 1.71 bits per heavy atom. The third-order valence-electron chi connectivity index (χ3n) is 4.54. The van der Waals surface area contributed by atoms with Crippen molar-refractivity contribution in [2.75, 3.05) is 20.6 Å². The van der Waals surface area contributed by atoms with Crippen LogP contribution in [0.3, 0.4) is 0 Å². The third kappa shape index (κ3) is 7.09. The molecule has 7 nitrogen and oxygen atoms in total. The number of hydrogen-bond acceptors (Lipinski definition) is 3. The fourth-order valence-corrected chi connectivity index (χ4v) is 2.90. The number of nitrogens with zero attached hydrogens (tertiary/aromatic N) is 4. The van der Waals surface area contributed by atoms with E-state index in [1.165, 1.54) is 0 Å². The third-order valence-corrected chi connectivity index (χ3v) is 4.54. The number of nitrogens with one attached hydrogen (secondary N) is 2. The zero-order valence-corrected chi connectivity index (χ0v) is 20.4. The van der Waals surface area contributed by atoms with Gasteiger partial charge in [-0.05, 0) is 48.4 Å². The Hall–Kier alpha value is -2.88. The van der Waals surface area contributed by atoms with Crippen LogP contribution in [0.15, 0.2) is 72.0 Å². The summed E-state index contributed by atoms with van der Waals surface area (Å²) in [7, 11) is 3.50. The molecule has 1 heterocycles. The molecule has 0 radical (unpaired) electrons. The summed E-state index contributed by atoms with van der Waals surface area (Å²) in [5.41, 5.74) is 3.91. The van der Waals surface area contributed by atoms with Crippen LogP contribution in [0.4, 0.5) is 0 Å². The molecule has 31 heavy (non-hydrogen) atoms. The van der Waals surface area contributed by atoms with E-state index >= 15 is 0 Å². The summed E-state index contributed by atoms with van der Waals surface area (Å²) in [6, 6.07) is 17.7. The van der Waals surface area contributed by atoms with E-state index in [0.717, 1.165) is 29.3 Å². The predicted molar refractivity (Wildman–Crippen MR) is 135 cm³/mol. The molecule has 1 amide bonds. The number of halogens is 1. The van der Waals surface area contributed by atoms with Crippen molar-refractivity contribution in [2.45, 2.75) is 20.0 Å². The molecule has 0 aliphatic heterocycles. The van der Waals surface area contributed by atoms with Crippen LogP contribution >= 0.6 is 24.0 Å². The number of hydrogen-bond donors (Lipinski definition) is 2. The number of aromatic nitrogens is 2. The van der Waals surface area contributed by atoms with E-state index in [1.807, 2.05) is 60.3 Å². The molecule has 164 valence electrons. The van der Waals surface area contributed by atoms with Crippen molar-refractivity contribution in [1.82, 2.24) is 25.3 Å². The maximum Gasteiger partial charge on any atom is 0.253 e. The second-order valence-corrected chi connectivity index (χ2v) is 7.06. The Morgan fingerprint density at radius 1 is 1.03 bits per heavy atom. The van der Waals surface area contributed by atoms with Crippen molar-refractivity contribution in [3.63, 3.8) is 0 Å². The maximum absolute atomic E-state index is 12.0. The number of benzene rings is 2. The second kappa shape index (κ2) is 12.1. The summed E-state index contributed by atoms with van der Waals surface area (Å²) in [6.45, 7) is 4.02. The lowest BCUT2D eigenvalue weighted by Crippen LogP contribution is -2.36. The van der Waals surface area contributed by atoms with Crippen molar-refractivity contribution in [1.29, 1.82) is 0 Å². The molecule has 0 aliphatic rings. The molecule has 2 N–H and O–H groups in total. The van der Waals surface area contributed by atoms with Gasteiger partial charge in [0.25, 0.3) is 5.91 Å². The normalized spacial score (nSPS) is 10.9. The van der Waals surface area contributed by atoms with Gasteiger partial charge >= 0.3 is 0 Å². The number of amides is 1. The van der Waals surface area contributed by atoms with Crippen LogP contribution in [0.25, 0.3) is 5.69 Å². The molecule has 0 fully saturated rings. The van der Waals surface area contributed by atoms with Gasteiger partial charge in [0, 0.05) is 45.1 Å². The van der Waals surface area contributed by atoms with Gasteiger partial charge in [0.2, 0.25) is 0 Å². The van der Waals surface area contributed by atoms with Gasteiger partial charge in [-0.25, -0.2) is 9.67 Å². The van der Waals surface area contributed by atoms with Crippen LogP contribution in [0.5, 0.6) is 0 Å². The van der Waals surface area contributed by atoms with Crippen LogP contribution < -0.4 is 10.6 Å². The summed E-state index contributed by atoms with van der Waals surface area (Å²) in [5.74, 6) is 0.755. The number of aliphatic imine (C=N–C) groups is 1. The van der Waals surface area contributed by atoms with Crippen molar-refractivity contribution in [2.24, 2.45) is 4.99 Å². The number of guanidine groups is 1. The largest absolute Gasteiger partial charge is 0.357 e. The molecule has 0 saturated carbocycles. The Bertz CT molecular complexity index is 966. The maximum atomic E-state index is 12.0. The van der Waals surface area contributed by atoms with Gasteiger partial charge in [-0.1, -0.05) is 24.3 Å². The predicted octanol–water partition coefficient (Wildman–Crippen LogP) is 3.45. The van der Waals surface area contributed by atoms with Gasteiger partial charge < -0.3 is 15.5 Å². The van der Waals surface area contributed by atoms with E-state index in [2.05, 4.69) is 32.9 Å². The smallest absolute Gasteiger partial charge is 0.253 e. The minimum absolute atomic E-state index is 0. The summed E-state index contributed by atoms with van der Waals surface area (Å²) >= 11 is 0. The molecule has 0 atom stereocenters. The lowest BCUT2D eigenvalue weighted by molar-refractivity contribution is 0.0827. The van der Waals surface area contributed by atoms with Gasteiger partial charge in [-0.3, -0.25) is 4.79 Å². The monoisotopic (exact) mass is 532 g/mol. The van der Waals surface area contributed by atoms with E-state index in [0.29, 0.717) is 18.7 Å². The van der Waals surface area contributed by atoms with Gasteiger partial charge in [-0.2, -0.15) is 5.10 Å². The SMILES string of the molecule is CCNC(=NCc1ccc(-n2cccn2)cc1)NCc1ccc(C(=O)N(C)C)cc1.I. The first-order valence-electron chi connectivity index (χ1n) is 9.98. The molecule has 3 rings (SSSR count). The summed E-state index contributed by atoms with van der Waals surface area (Å²) < 4.78 is 1.83. The average molecular weight is 532 g/mol. The minimum atomic E-state index is 0. The molecule has 8 heteroatoms. The molecule has 2 aromatic carbocycles. The Kier molecular flexibility index (Phi) is 9.51. The van der Waals surface area contributed by atoms with Crippen LogP contribution in [0, 0.1) is 0 Å². The van der Waals surface area contributed by atoms with Crippen molar-refractivity contribution < 1.29 is 4.79 Å². The van der Waals surface area contributed by atoms with E-state index in [-0.39, 0.29) is 29.9 Å². The zero-order valence-electron chi connectivity index (χ0n) is 18.1. The quantitative estimate of drug-likeness (QED) is 0.278. The van der Waals surface area contributed by atoms with Crippen molar-refractivity contribution >= 4 is 35.8 Å². The lowest BCUT2D eigenvalue weighted by Gasteiger charge is -2.13. The number of carbonyl (C=O) groups is 1. The van der Waals surface area contributed by atoms with Gasteiger partial charge in [0.05, 0.1) is 12.2 Å². The number of rotatable bonds is 7. The Labute approximate surface area is 200 Å². The second-order valence-electron chi connectivity index (χ2n) is 7.06. The molecular weight excluding hydrogens is 503 g/mol. The highest BCUT2D eigenvalue weighted by molar-refractivity contribution is 14.0. The fraction of sp³-hybridized carbons (Fsp3) is 0.261. The lowest BCUT2D eigenvalue weighted by atomic mass is 10.1. The van der Waals surface area contributed by atoms with Crippen LogP contribution in [-0.4, -0.2) is 47.2 Å².